The van der Waals surface area contributed by atoms with Crippen LogP contribution in [0.1, 0.15) is 70.7 Å². The Labute approximate surface area is 230 Å². The maximum atomic E-state index is 14.1. The topological polar surface area (TPSA) is 131 Å². The van der Waals surface area contributed by atoms with Gasteiger partial charge in [0.2, 0.25) is 17.7 Å². The molecule has 4 amide bonds. The molecule has 0 spiro atoms. The van der Waals surface area contributed by atoms with Crippen LogP contribution in [0.2, 0.25) is 0 Å². The summed E-state index contributed by atoms with van der Waals surface area (Å²) in [5, 5.41) is 5.38. The fourth-order valence-electron chi connectivity index (χ4n) is 3.93. The van der Waals surface area contributed by atoms with Crippen molar-refractivity contribution < 1.29 is 23.9 Å². The van der Waals surface area contributed by atoms with E-state index in [0.717, 1.165) is 5.56 Å². The van der Waals surface area contributed by atoms with Gasteiger partial charge >= 0.3 is 6.09 Å². The summed E-state index contributed by atoms with van der Waals surface area (Å²) in [5.74, 6) is 0.607. The summed E-state index contributed by atoms with van der Waals surface area (Å²) in [4.78, 5) is 53.7. The van der Waals surface area contributed by atoms with Crippen molar-refractivity contribution in [3.05, 3.63) is 71.3 Å². The molecule has 0 saturated carbocycles. The SMILES string of the molecule is C#Cc1ccc(C(C(=O)NCc2ccccc2)N(C(=O)C(CC(N)=O)NC(=O)OC(C)(C)C)C(C)(C)C)cc1. The molecule has 2 atom stereocenters. The van der Waals surface area contributed by atoms with Gasteiger partial charge in [0.1, 0.15) is 17.7 Å². The van der Waals surface area contributed by atoms with Crippen LogP contribution in [0.25, 0.3) is 0 Å². The Kier molecular flexibility index (Phi) is 10.3. The number of alkyl carbamates (subject to hydrolysis) is 1. The lowest BCUT2D eigenvalue weighted by Crippen LogP contribution is -2.59. The van der Waals surface area contributed by atoms with Gasteiger partial charge in [0.05, 0.1) is 6.42 Å². The Bertz CT molecular complexity index is 1210. The average molecular weight is 535 g/mol. The molecule has 0 aliphatic heterocycles. The molecule has 2 unspecified atom stereocenters. The van der Waals surface area contributed by atoms with E-state index in [1.807, 2.05) is 30.3 Å². The second-order valence-electron chi connectivity index (χ2n) is 11.1. The molecule has 208 valence electrons. The van der Waals surface area contributed by atoms with E-state index in [-0.39, 0.29) is 6.54 Å². The van der Waals surface area contributed by atoms with Crippen molar-refractivity contribution in [2.24, 2.45) is 5.73 Å². The first-order valence-corrected chi connectivity index (χ1v) is 12.6. The van der Waals surface area contributed by atoms with Crippen molar-refractivity contribution >= 4 is 23.8 Å². The number of carbonyl (C=O) groups is 4. The fourth-order valence-corrected chi connectivity index (χ4v) is 3.93. The second-order valence-corrected chi connectivity index (χ2v) is 11.1. The van der Waals surface area contributed by atoms with E-state index in [9.17, 15) is 19.2 Å². The molecule has 0 aliphatic carbocycles. The quantitative estimate of drug-likeness (QED) is 0.425. The van der Waals surface area contributed by atoms with Gasteiger partial charge in [-0.05, 0) is 64.8 Å². The Balaban J connectivity index is 2.54. The summed E-state index contributed by atoms with van der Waals surface area (Å²) < 4.78 is 5.30. The normalized spacial score (nSPS) is 12.8. The number of hydrogen-bond acceptors (Lipinski definition) is 5. The van der Waals surface area contributed by atoms with Crippen LogP contribution in [0.3, 0.4) is 0 Å². The van der Waals surface area contributed by atoms with Crippen LogP contribution in [0.4, 0.5) is 4.79 Å². The van der Waals surface area contributed by atoms with Gasteiger partial charge in [0.15, 0.2) is 0 Å². The van der Waals surface area contributed by atoms with Crippen LogP contribution in [0.15, 0.2) is 54.6 Å². The van der Waals surface area contributed by atoms with Gasteiger partial charge in [-0.1, -0.05) is 48.4 Å². The number of benzene rings is 2. The van der Waals surface area contributed by atoms with Crippen LogP contribution in [0.5, 0.6) is 0 Å². The van der Waals surface area contributed by atoms with Gasteiger partial charge < -0.3 is 26.0 Å². The third-order valence-electron chi connectivity index (χ3n) is 5.56. The average Bonchev–Trinajstić information content (AvgIpc) is 2.83. The molecule has 2 rings (SSSR count). The molecule has 0 fully saturated rings. The zero-order chi connectivity index (χ0) is 29.4. The highest BCUT2D eigenvalue weighted by atomic mass is 16.6. The number of hydrogen-bond donors (Lipinski definition) is 3. The molecule has 0 aliphatic rings. The Hall–Kier alpha value is -4.32. The third-order valence-corrected chi connectivity index (χ3v) is 5.56. The van der Waals surface area contributed by atoms with Gasteiger partial charge in [0.25, 0.3) is 0 Å². The van der Waals surface area contributed by atoms with Gasteiger partial charge in [-0.15, -0.1) is 6.42 Å². The van der Waals surface area contributed by atoms with Gasteiger partial charge in [-0.25, -0.2) is 4.79 Å². The zero-order valence-electron chi connectivity index (χ0n) is 23.4. The van der Waals surface area contributed by atoms with E-state index < -0.39 is 53.5 Å². The second kappa shape index (κ2) is 13.0. The molecule has 0 radical (unpaired) electrons. The molecule has 0 aromatic heterocycles. The molecule has 9 heteroatoms. The monoisotopic (exact) mass is 534 g/mol. The Morgan fingerprint density at radius 2 is 1.56 bits per heavy atom. The van der Waals surface area contributed by atoms with E-state index in [1.165, 1.54) is 4.90 Å². The first-order chi connectivity index (χ1) is 18.1. The lowest BCUT2D eigenvalue weighted by molar-refractivity contribution is -0.149. The molecular formula is C30H38N4O5. The number of terminal acetylenes is 1. The number of nitrogens with one attached hydrogen (secondary N) is 2. The predicted molar refractivity (Wildman–Crippen MR) is 149 cm³/mol. The fraction of sp³-hybridized carbons (Fsp3) is 0.400. The van der Waals surface area contributed by atoms with Crippen molar-refractivity contribution in [2.45, 2.75) is 77.7 Å². The first-order valence-electron chi connectivity index (χ1n) is 12.6. The highest BCUT2D eigenvalue weighted by molar-refractivity contribution is 5.95. The molecule has 4 N–H and O–H groups in total. The summed E-state index contributed by atoms with van der Waals surface area (Å²) in [6.45, 7) is 10.5. The molecule has 0 heterocycles. The van der Waals surface area contributed by atoms with E-state index in [4.69, 9.17) is 16.9 Å². The summed E-state index contributed by atoms with van der Waals surface area (Å²) in [5.41, 5.74) is 5.64. The molecule has 0 bridgehead atoms. The maximum Gasteiger partial charge on any atom is 0.408 e. The Morgan fingerprint density at radius 1 is 0.974 bits per heavy atom. The lowest BCUT2D eigenvalue weighted by Gasteiger charge is -2.43. The molecule has 2 aromatic carbocycles. The maximum absolute atomic E-state index is 14.1. The van der Waals surface area contributed by atoms with Crippen LogP contribution in [-0.4, -0.2) is 45.9 Å². The van der Waals surface area contributed by atoms with E-state index in [2.05, 4.69) is 16.6 Å². The minimum atomic E-state index is -1.37. The minimum Gasteiger partial charge on any atom is -0.444 e. The number of nitrogens with zero attached hydrogens (tertiary/aromatic N) is 1. The van der Waals surface area contributed by atoms with Crippen LogP contribution in [-0.2, 0) is 25.7 Å². The summed E-state index contributed by atoms with van der Waals surface area (Å²) in [6.07, 6.45) is 4.14. The van der Waals surface area contributed by atoms with Crippen LogP contribution in [0, 0.1) is 12.3 Å². The standard InChI is InChI=1S/C30H38N4O5/c1-8-20-14-16-22(17-15-20)25(26(36)32-19-21-12-10-9-11-13-21)34(29(2,3)4)27(37)23(18-24(31)35)33-28(38)39-30(5,6)7/h1,9-17,23,25H,18-19H2,2-7H3,(H2,31,35)(H,32,36)(H,33,38). The summed E-state index contributed by atoms with van der Waals surface area (Å²) in [6, 6.07) is 13.6. The van der Waals surface area contributed by atoms with E-state index in [0.29, 0.717) is 11.1 Å². The molecule has 0 saturated heterocycles. The minimum absolute atomic E-state index is 0.228. The van der Waals surface area contributed by atoms with Gasteiger partial charge in [0, 0.05) is 17.6 Å². The molecule has 2 aromatic rings. The number of nitrogens with two attached hydrogens (primary N) is 1. The summed E-state index contributed by atoms with van der Waals surface area (Å²) >= 11 is 0. The van der Waals surface area contributed by atoms with Crippen molar-refractivity contribution in [3.63, 3.8) is 0 Å². The number of amides is 4. The largest absolute Gasteiger partial charge is 0.444 e. The molecule has 39 heavy (non-hydrogen) atoms. The van der Waals surface area contributed by atoms with Crippen LogP contribution >= 0.6 is 0 Å². The summed E-state index contributed by atoms with van der Waals surface area (Å²) in [7, 11) is 0. The first kappa shape index (κ1) is 30.9. The smallest absolute Gasteiger partial charge is 0.408 e. The zero-order valence-corrected chi connectivity index (χ0v) is 23.4. The predicted octanol–water partition coefficient (Wildman–Crippen LogP) is 3.42. The lowest BCUT2D eigenvalue weighted by atomic mass is 9.94. The van der Waals surface area contributed by atoms with Crippen molar-refractivity contribution in [2.75, 3.05) is 0 Å². The van der Waals surface area contributed by atoms with E-state index in [1.54, 1.807) is 65.8 Å². The van der Waals surface area contributed by atoms with E-state index >= 15 is 0 Å². The number of rotatable bonds is 9. The van der Waals surface area contributed by atoms with Gasteiger partial charge in [-0.3, -0.25) is 14.4 Å². The molecule has 9 nitrogen and oxygen atoms in total. The third kappa shape index (κ3) is 9.49. The van der Waals surface area contributed by atoms with Crippen molar-refractivity contribution in [3.8, 4) is 12.3 Å². The highest BCUT2D eigenvalue weighted by Crippen LogP contribution is 2.31. The van der Waals surface area contributed by atoms with Crippen LogP contribution < -0.4 is 16.4 Å². The van der Waals surface area contributed by atoms with Crippen molar-refractivity contribution in [1.29, 1.82) is 0 Å². The number of ether oxygens (including phenoxy) is 1. The number of primary amides is 1. The van der Waals surface area contributed by atoms with Crippen molar-refractivity contribution in [1.82, 2.24) is 15.5 Å². The highest BCUT2D eigenvalue weighted by Gasteiger charge is 2.42. The Morgan fingerprint density at radius 3 is 2.05 bits per heavy atom. The van der Waals surface area contributed by atoms with Gasteiger partial charge in [-0.2, -0.15) is 0 Å². The number of carbonyl (C=O) groups excluding carboxylic acids is 4. The molecular weight excluding hydrogens is 496 g/mol.